The molecule has 2 aliphatic rings. The van der Waals surface area contributed by atoms with Crippen LogP contribution in [0.25, 0.3) is 0 Å². The van der Waals surface area contributed by atoms with Crippen molar-refractivity contribution in [1.82, 2.24) is 5.32 Å². The van der Waals surface area contributed by atoms with E-state index in [1.54, 1.807) is 36.8 Å². The lowest BCUT2D eigenvalue weighted by Crippen LogP contribution is -2.36. The second-order valence-corrected chi connectivity index (χ2v) is 12.8. The molecule has 1 saturated carbocycles. The number of hydrogen-bond donors (Lipinski definition) is 1. The zero-order valence-electron chi connectivity index (χ0n) is 21.8. The number of ether oxygens (including phenoxy) is 2. The highest BCUT2D eigenvalue weighted by molar-refractivity contribution is 9.10. The fraction of sp³-hybridized carbons (Fsp3) is 0.400. The number of nitrogens with zero attached hydrogens (tertiary/aromatic N) is 1. The Morgan fingerprint density at radius 2 is 1.90 bits per heavy atom. The Bertz CT molecular complexity index is 1390. The molecule has 0 saturated heterocycles. The van der Waals surface area contributed by atoms with E-state index in [4.69, 9.17) is 37.7 Å². The number of carbonyl (C=O) groups excluding carboxylic acids is 1. The minimum atomic E-state index is 0.0262. The molecule has 5 rings (SSSR count). The van der Waals surface area contributed by atoms with Gasteiger partial charge in [0.25, 0.3) is 5.91 Å². The number of benzene rings is 2. The SMILES string of the molecule is COc1cc(C=Nc2sc3c(c2C(=O)NC2CCCCC2)CCCC3)cc(Br)c1OCc1ccc(Cl)c(Cl)c1. The third kappa shape index (κ3) is 6.82. The summed E-state index contributed by atoms with van der Waals surface area (Å²) in [5.74, 6) is 1.18. The number of carbonyl (C=O) groups is 1. The quantitative estimate of drug-likeness (QED) is 0.248. The van der Waals surface area contributed by atoms with Crippen LogP contribution in [0.4, 0.5) is 5.00 Å². The van der Waals surface area contributed by atoms with E-state index < -0.39 is 0 Å². The first-order chi connectivity index (χ1) is 18.9. The highest BCUT2D eigenvalue weighted by atomic mass is 79.9. The largest absolute Gasteiger partial charge is 0.493 e. The zero-order valence-corrected chi connectivity index (χ0v) is 25.7. The molecule has 2 aromatic carbocycles. The lowest BCUT2D eigenvalue weighted by molar-refractivity contribution is 0.0927. The first kappa shape index (κ1) is 28.5. The van der Waals surface area contributed by atoms with Crippen LogP contribution in [0.15, 0.2) is 39.8 Å². The van der Waals surface area contributed by atoms with Crippen molar-refractivity contribution >= 4 is 67.6 Å². The summed E-state index contributed by atoms with van der Waals surface area (Å²) in [7, 11) is 1.61. The topological polar surface area (TPSA) is 59.9 Å². The molecule has 0 atom stereocenters. The van der Waals surface area contributed by atoms with Gasteiger partial charge in [-0.2, -0.15) is 0 Å². The lowest BCUT2D eigenvalue weighted by atomic mass is 9.93. The van der Waals surface area contributed by atoms with Gasteiger partial charge in [-0.1, -0.05) is 48.5 Å². The average Bonchev–Trinajstić information content (AvgIpc) is 3.32. The summed E-state index contributed by atoms with van der Waals surface area (Å²) >= 11 is 17.5. The van der Waals surface area contributed by atoms with Crippen molar-refractivity contribution in [3.63, 3.8) is 0 Å². The van der Waals surface area contributed by atoms with E-state index >= 15 is 0 Å². The number of halogens is 3. The molecule has 1 heterocycles. The van der Waals surface area contributed by atoms with Crippen LogP contribution in [0.2, 0.25) is 10.0 Å². The fourth-order valence-corrected chi connectivity index (χ4v) is 7.38. The molecule has 3 aromatic rings. The maximum atomic E-state index is 13.5. The number of thiophene rings is 1. The number of nitrogens with one attached hydrogen (secondary N) is 1. The Morgan fingerprint density at radius 1 is 1.10 bits per heavy atom. The van der Waals surface area contributed by atoms with Gasteiger partial charge in [-0.3, -0.25) is 4.79 Å². The average molecular weight is 650 g/mol. The van der Waals surface area contributed by atoms with Gasteiger partial charge in [0, 0.05) is 17.1 Å². The molecule has 0 spiro atoms. The number of aliphatic imine (C=N–C) groups is 1. The summed E-state index contributed by atoms with van der Waals surface area (Å²) in [6.45, 7) is 0.305. The zero-order chi connectivity index (χ0) is 27.4. The smallest absolute Gasteiger partial charge is 0.254 e. The molecule has 39 heavy (non-hydrogen) atoms. The normalized spacial score (nSPS) is 15.8. The van der Waals surface area contributed by atoms with Gasteiger partial charge in [0.2, 0.25) is 0 Å². The van der Waals surface area contributed by atoms with Gasteiger partial charge < -0.3 is 14.8 Å². The number of aryl methyl sites for hydroxylation is 1. The highest BCUT2D eigenvalue weighted by Crippen LogP contribution is 2.41. The third-order valence-corrected chi connectivity index (χ3v) is 9.80. The van der Waals surface area contributed by atoms with E-state index in [-0.39, 0.29) is 11.9 Å². The van der Waals surface area contributed by atoms with Gasteiger partial charge in [-0.15, -0.1) is 11.3 Å². The van der Waals surface area contributed by atoms with Crippen molar-refractivity contribution < 1.29 is 14.3 Å². The maximum absolute atomic E-state index is 13.5. The highest BCUT2D eigenvalue weighted by Gasteiger charge is 2.27. The number of rotatable bonds is 8. The van der Waals surface area contributed by atoms with Crippen LogP contribution in [0.1, 0.15) is 76.9 Å². The van der Waals surface area contributed by atoms with E-state index in [2.05, 4.69) is 21.2 Å². The van der Waals surface area contributed by atoms with Gasteiger partial charge in [-0.25, -0.2) is 4.99 Å². The molecule has 0 bridgehead atoms. The molecule has 9 heteroatoms. The van der Waals surface area contributed by atoms with Crippen LogP contribution in [0.3, 0.4) is 0 Å². The number of fused-ring (bicyclic) bond motifs is 1. The molecular weight excluding hydrogens is 619 g/mol. The number of amides is 1. The molecule has 5 nitrogen and oxygen atoms in total. The summed E-state index contributed by atoms with van der Waals surface area (Å²) in [6.07, 6.45) is 11.8. The van der Waals surface area contributed by atoms with Gasteiger partial charge in [0.1, 0.15) is 11.6 Å². The van der Waals surface area contributed by atoms with Gasteiger partial charge in [0.15, 0.2) is 11.5 Å². The van der Waals surface area contributed by atoms with Crippen LogP contribution in [0.5, 0.6) is 11.5 Å². The Morgan fingerprint density at radius 3 is 2.67 bits per heavy atom. The van der Waals surface area contributed by atoms with E-state index in [1.165, 1.54) is 29.7 Å². The minimum absolute atomic E-state index is 0.0262. The van der Waals surface area contributed by atoms with Crippen molar-refractivity contribution in [2.45, 2.75) is 70.4 Å². The lowest BCUT2D eigenvalue weighted by Gasteiger charge is -2.23. The maximum Gasteiger partial charge on any atom is 0.254 e. The monoisotopic (exact) mass is 648 g/mol. The van der Waals surface area contributed by atoms with Crippen molar-refractivity contribution in [3.8, 4) is 11.5 Å². The van der Waals surface area contributed by atoms with E-state index in [1.807, 2.05) is 18.2 Å². The molecular formula is C30H31BrCl2N2O3S. The molecule has 2 aliphatic carbocycles. The molecule has 1 N–H and O–H groups in total. The Balaban J connectivity index is 1.37. The first-order valence-corrected chi connectivity index (χ1v) is 15.7. The number of hydrogen-bond acceptors (Lipinski definition) is 5. The van der Waals surface area contributed by atoms with Crippen molar-refractivity contribution in [2.75, 3.05) is 7.11 Å². The van der Waals surface area contributed by atoms with Gasteiger partial charge in [-0.05, 0) is 95.4 Å². The number of methoxy groups -OCH3 is 1. The third-order valence-electron chi connectivity index (χ3n) is 7.27. The van der Waals surface area contributed by atoms with Crippen molar-refractivity contribution in [3.05, 3.63) is 72.0 Å². The molecule has 1 fully saturated rings. The Hall–Kier alpha value is -2.06. The molecule has 0 aliphatic heterocycles. The minimum Gasteiger partial charge on any atom is -0.493 e. The molecule has 1 amide bonds. The Labute approximate surface area is 252 Å². The second-order valence-electron chi connectivity index (χ2n) is 10.0. The van der Waals surface area contributed by atoms with Crippen LogP contribution in [0, 0.1) is 0 Å². The molecule has 1 aromatic heterocycles. The van der Waals surface area contributed by atoms with E-state index in [0.717, 1.165) is 64.7 Å². The van der Waals surface area contributed by atoms with Gasteiger partial charge >= 0.3 is 0 Å². The molecule has 0 unspecified atom stereocenters. The second kappa shape index (κ2) is 13.1. The van der Waals surface area contributed by atoms with Crippen molar-refractivity contribution in [1.29, 1.82) is 0 Å². The molecule has 206 valence electrons. The summed E-state index contributed by atoms with van der Waals surface area (Å²) in [5, 5.41) is 5.08. The van der Waals surface area contributed by atoms with E-state index in [0.29, 0.717) is 28.2 Å². The predicted molar refractivity (Wildman–Crippen MR) is 164 cm³/mol. The predicted octanol–water partition coefficient (Wildman–Crippen LogP) is 9.10. The van der Waals surface area contributed by atoms with Gasteiger partial charge in [0.05, 0.1) is 27.2 Å². The standard InChI is InChI=1S/C30H31BrCl2N2O3S/c1-37-25-15-19(13-22(31)28(25)38-17-18-11-12-23(32)24(33)14-18)16-34-30-27(21-9-5-6-10-26(21)39-30)29(36)35-20-7-3-2-4-8-20/h11-16,20H,2-10,17H2,1H3,(H,35,36). The fourth-order valence-electron chi connectivity index (χ4n) is 5.25. The summed E-state index contributed by atoms with van der Waals surface area (Å²) in [4.78, 5) is 19.6. The van der Waals surface area contributed by atoms with Crippen LogP contribution < -0.4 is 14.8 Å². The first-order valence-electron chi connectivity index (χ1n) is 13.4. The van der Waals surface area contributed by atoms with E-state index in [9.17, 15) is 4.79 Å². The van der Waals surface area contributed by atoms with Crippen LogP contribution >= 0.6 is 50.5 Å². The summed E-state index contributed by atoms with van der Waals surface area (Å²) < 4.78 is 12.4. The summed E-state index contributed by atoms with van der Waals surface area (Å²) in [6, 6.07) is 9.49. The summed E-state index contributed by atoms with van der Waals surface area (Å²) in [5.41, 5.74) is 3.69. The van der Waals surface area contributed by atoms with Crippen molar-refractivity contribution in [2.24, 2.45) is 4.99 Å². The Kier molecular flexibility index (Phi) is 9.54. The van der Waals surface area contributed by atoms with Crippen LogP contribution in [-0.2, 0) is 19.4 Å². The van der Waals surface area contributed by atoms with Crippen LogP contribution in [-0.4, -0.2) is 25.3 Å². The molecule has 0 radical (unpaired) electrons.